The maximum atomic E-state index is 13.1. The van der Waals surface area contributed by atoms with E-state index in [4.69, 9.17) is 9.47 Å². The lowest BCUT2D eigenvalue weighted by Crippen LogP contribution is -2.35. The van der Waals surface area contributed by atoms with E-state index in [1.165, 1.54) is 31.4 Å². The first kappa shape index (κ1) is 20.6. The van der Waals surface area contributed by atoms with Gasteiger partial charge < -0.3 is 14.6 Å². The second kappa shape index (κ2) is 8.30. The highest BCUT2D eigenvalue weighted by molar-refractivity contribution is 7.92. The fourth-order valence-electron chi connectivity index (χ4n) is 2.54. The van der Waals surface area contributed by atoms with Gasteiger partial charge in [0.15, 0.2) is 0 Å². The Morgan fingerprint density at radius 1 is 1.15 bits per heavy atom. The van der Waals surface area contributed by atoms with Crippen molar-refractivity contribution in [1.29, 1.82) is 0 Å². The Hall–Kier alpha value is -2.74. The maximum absolute atomic E-state index is 13.1. The molecule has 0 unspecified atom stereocenters. The normalized spacial score (nSPS) is 11.3. The number of hydrogen-bond donors (Lipinski definition) is 1. The SMILES string of the molecule is COc1ccc(S(=O)(=O)N(CC(=O)O)c2ccc(OC(C)C)cc2)cc1C. The van der Waals surface area contributed by atoms with E-state index < -0.39 is 22.5 Å². The number of carboxylic acids is 1. The zero-order valence-electron chi connectivity index (χ0n) is 15.7. The van der Waals surface area contributed by atoms with Crippen LogP contribution in [0, 0.1) is 6.92 Å². The molecule has 0 radical (unpaired) electrons. The van der Waals surface area contributed by atoms with E-state index in [1.54, 1.807) is 25.1 Å². The Morgan fingerprint density at radius 2 is 1.78 bits per heavy atom. The summed E-state index contributed by atoms with van der Waals surface area (Å²) in [6.45, 7) is 4.78. The van der Waals surface area contributed by atoms with E-state index in [0.717, 1.165) is 4.31 Å². The summed E-state index contributed by atoms with van der Waals surface area (Å²) in [7, 11) is -2.58. The Morgan fingerprint density at radius 3 is 2.26 bits per heavy atom. The molecule has 2 aromatic carbocycles. The maximum Gasteiger partial charge on any atom is 0.324 e. The third-order valence-electron chi connectivity index (χ3n) is 3.73. The monoisotopic (exact) mass is 393 g/mol. The van der Waals surface area contributed by atoms with E-state index in [0.29, 0.717) is 17.1 Å². The lowest BCUT2D eigenvalue weighted by atomic mass is 10.2. The first-order chi connectivity index (χ1) is 12.6. The highest BCUT2D eigenvalue weighted by Crippen LogP contribution is 2.28. The molecular formula is C19H23NO6S. The number of aliphatic carboxylic acids is 1. The van der Waals surface area contributed by atoms with Crippen LogP contribution in [0.3, 0.4) is 0 Å². The quantitative estimate of drug-likeness (QED) is 0.741. The highest BCUT2D eigenvalue weighted by atomic mass is 32.2. The van der Waals surface area contributed by atoms with Crippen LogP contribution in [0.5, 0.6) is 11.5 Å². The number of ether oxygens (including phenoxy) is 2. The Labute approximate surface area is 159 Å². The molecule has 0 aliphatic heterocycles. The number of benzene rings is 2. The minimum atomic E-state index is -4.08. The topological polar surface area (TPSA) is 93.1 Å². The second-order valence-electron chi connectivity index (χ2n) is 6.20. The molecule has 0 aliphatic rings. The molecule has 0 aliphatic carbocycles. The summed E-state index contributed by atoms with van der Waals surface area (Å²) in [5.41, 5.74) is 0.872. The zero-order valence-corrected chi connectivity index (χ0v) is 16.5. The van der Waals surface area contributed by atoms with Gasteiger partial charge in [-0.25, -0.2) is 8.42 Å². The van der Waals surface area contributed by atoms with Crippen molar-refractivity contribution in [2.75, 3.05) is 18.0 Å². The van der Waals surface area contributed by atoms with Gasteiger partial charge in [-0.3, -0.25) is 9.10 Å². The minimum absolute atomic E-state index is 0.00967. The predicted octanol–water partition coefficient (Wildman–Crippen LogP) is 3.07. The minimum Gasteiger partial charge on any atom is -0.496 e. The first-order valence-electron chi connectivity index (χ1n) is 8.31. The summed E-state index contributed by atoms with van der Waals surface area (Å²) in [5, 5.41) is 9.21. The molecule has 0 saturated carbocycles. The van der Waals surface area contributed by atoms with E-state index in [9.17, 15) is 18.3 Å². The van der Waals surface area contributed by atoms with Crippen molar-refractivity contribution in [2.45, 2.75) is 31.8 Å². The summed E-state index contributed by atoms with van der Waals surface area (Å²) >= 11 is 0. The second-order valence-corrected chi connectivity index (χ2v) is 8.06. The number of carbonyl (C=O) groups is 1. The van der Waals surface area contributed by atoms with Gasteiger partial charge in [0, 0.05) is 0 Å². The number of methoxy groups -OCH3 is 1. The van der Waals surface area contributed by atoms with E-state index in [1.807, 2.05) is 13.8 Å². The standard InChI is InChI=1S/C19H23NO6S/c1-13(2)26-16-7-5-15(6-8-16)20(12-19(21)22)27(23,24)17-9-10-18(25-4)14(3)11-17/h5-11,13H,12H2,1-4H3,(H,21,22). The van der Waals surface area contributed by atoms with Crippen LogP contribution in [-0.4, -0.2) is 39.3 Å². The van der Waals surface area contributed by atoms with Gasteiger partial charge >= 0.3 is 5.97 Å². The van der Waals surface area contributed by atoms with Crippen LogP contribution in [0.1, 0.15) is 19.4 Å². The third-order valence-corrected chi connectivity index (χ3v) is 5.50. The molecule has 146 valence electrons. The van der Waals surface area contributed by atoms with Crippen molar-refractivity contribution in [3.8, 4) is 11.5 Å². The van der Waals surface area contributed by atoms with Gasteiger partial charge in [0.05, 0.1) is 23.8 Å². The van der Waals surface area contributed by atoms with Crippen LogP contribution >= 0.6 is 0 Å². The van der Waals surface area contributed by atoms with Gasteiger partial charge in [0.2, 0.25) is 0 Å². The predicted molar refractivity (Wildman–Crippen MR) is 102 cm³/mol. The van der Waals surface area contributed by atoms with Crippen LogP contribution in [0.4, 0.5) is 5.69 Å². The van der Waals surface area contributed by atoms with Crippen molar-refractivity contribution in [3.63, 3.8) is 0 Å². The van der Waals surface area contributed by atoms with Crippen LogP contribution < -0.4 is 13.8 Å². The Kier molecular flexibility index (Phi) is 6.32. The number of carboxylic acid groups (broad SMARTS) is 1. The summed E-state index contributed by atoms with van der Waals surface area (Å²) < 4.78 is 37.7. The summed E-state index contributed by atoms with van der Waals surface area (Å²) in [5.74, 6) is -0.137. The largest absolute Gasteiger partial charge is 0.496 e. The molecule has 0 aromatic heterocycles. The summed E-state index contributed by atoms with van der Waals surface area (Å²) in [6, 6.07) is 10.7. The number of nitrogens with zero attached hydrogens (tertiary/aromatic N) is 1. The molecule has 0 fully saturated rings. The lowest BCUT2D eigenvalue weighted by molar-refractivity contribution is -0.135. The van der Waals surface area contributed by atoms with Crippen molar-refractivity contribution in [2.24, 2.45) is 0 Å². The molecule has 0 spiro atoms. The average molecular weight is 393 g/mol. The van der Waals surface area contributed by atoms with Crippen LogP contribution in [0.15, 0.2) is 47.4 Å². The lowest BCUT2D eigenvalue weighted by Gasteiger charge is -2.23. The number of rotatable bonds is 8. The van der Waals surface area contributed by atoms with Gasteiger partial charge in [0.1, 0.15) is 18.0 Å². The van der Waals surface area contributed by atoms with Crippen molar-refractivity contribution < 1.29 is 27.8 Å². The molecule has 0 atom stereocenters. The fourth-order valence-corrected chi connectivity index (χ4v) is 4.04. The van der Waals surface area contributed by atoms with Crippen LogP contribution in [-0.2, 0) is 14.8 Å². The van der Waals surface area contributed by atoms with Crippen molar-refractivity contribution in [3.05, 3.63) is 48.0 Å². The molecule has 0 amide bonds. The molecule has 2 rings (SSSR count). The molecule has 8 heteroatoms. The molecule has 0 heterocycles. The van der Waals surface area contributed by atoms with Gasteiger partial charge in [-0.2, -0.15) is 0 Å². The summed E-state index contributed by atoms with van der Waals surface area (Å²) in [6.07, 6.45) is -0.0306. The molecule has 27 heavy (non-hydrogen) atoms. The zero-order chi connectivity index (χ0) is 20.2. The van der Waals surface area contributed by atoms with E-state index >= 15 is 0 Å². The van der Waals surface area contributed by atoms with E-state index in [2.05, 4.69) is 0 Å². The number of aryl methyl sites for hydroxylation is 1. The van der Waals surface area contributed by atoms with Gasteiger partial charge in [-0.15, -0.1) is 0 Å². The molecule has 0 bridgehead atoms. The van der Waals surface area contributed by atoms with Crippen molar-refractivity contribution in [1.82, 2.24) is 0 Å². The number of sulfonamides is 1. The van der Waals surface area contributed by atoms with Crippen LogP contribution in [0.25, 0.3) is 0 Å². The fraction of sp³-hybridized carbons (Fsp3) is 0.316. The van der Waals surface area contributed by atoms with Gasteiger partial charge in [0.25, 0.3) is 10.0 Å². The molecule has 2 aromatic rings. The van der Waals surface area contributed by atoms with Crippen LogP contribution in [0.2, 0.25) is 0 Å². The molecular weight excluding hydrogens is 370 g/mol. The Balaban J connectivity index is 2.45. The molecule has 7 nitrogen and oxygen atoms in total. The molecule has 1 N–H and O–H groups in total. The third kappa shape index (κ3) is 4.91. The summed E-state index contributed by atoms with van der Waals surface area (Å²) in [4.78, 5) is 11.3. The van der Waals surface area contributed by atoms with E-state index in [-0.39, 0.29) is 16.7 Å². The van der Waals surface area contributed by atoms with Gasteiger partial charge in [-0.05, 0) is 68.8 Å². The van der Waals surface area contributed by atoms with Crippen molar-refractivity contribution >= 4 is 21.7 Å². The average Bonchev–Trinajstić information content (AvgIpc) is 2.59. The Bertz CT molecular complexity index is 906. The first-order valence-corrected chi connectivity index (χ1v) is 9.75. The molecule has 0 saturated heterocycles. The smallest absolute Gasteiger partial charge is 0.324 e. The van der Waals surface area contributed by atoms with Gasteiger partial charge in [-0.1, -0.05) is 0 Å². The number of anilines is 1. The highest BCUT2D eigenvalue weighted by Gasteiger charge is 2.27. The number of hydrogen-bond acceptors (Lipinski definition) is 5.